The highest BCUT2D eigenvalue weighted by Gasteiger charge is 2.61. The van der Waals surface area contributed by atoms with Gasteiger partial charge in [-0.1, -0.05) is 23.4 Å². The summed E-state index contributed by atoms with van der Waals surface area (Å²) in [6.45, 7) is 3.90. The fourth-order valence-corrected chi connectivity index (χ4v) is 6.50. The maximum absolute atomic E-state index is 6.75. The van der Waals surface area contributed by atoms with Gasteiger partial charge in [0.25, 0.3) is 0 Å². The monoisotopic (exact) mass is 445 g/mol. The van der Waals surface area contributed by atoms with Gasteiger partial charge in [-0.25, -0.2) is 15.0 Å². The van der Waals surface area contributed by atoms with Crippen molar-refractivity contribution in [1.29, 1.82) is 0 Å². The third-order valence-corrected chi connectivity index (χ3v) is 9.08. The molecule has 0 radical (unpaired) electrons. The van der Waals surface area contributed by atoms with E-state index in [0.717, 1.165) is 42.3 Å². The van der Waals surface area contributed by atoms with Crippen LogP contribution in [0.4, 0.5) is 17.5 Å². The van der Waals surface area contributed by atoms with E-state index in [4.69, 9.17) is 38.8 Å². The molecule has 9 heteroatoms. The second kappa shape index (κ2) is 7.14. The fraction of sp³-hybridized carbons (Fsp3) is 0.571. The van der Waals surface area contributed by atoms with Gasteiger partial charge in [0.15, 0.2) is 11.6 Å². The summed E-state index contributed by atoms with van der Waals surface area (Å²) in [5.41, 5.74) is 20.5. The first-order chi connectivity index (χ1) is 14.3. The van der Waals surface area contributed by atoms with Crippen LogP contribution in [0.25, 0.3) is 0 Å². The topological polar surface area (TPSA) is 120 Å². The highest BCUT2D eigenvalue weighted by atomic mass is 35.5. The smallest absolute Gasteiger partial charge is 0.158 e. The van der Waals surface area contributed by atoms with E-state index in [9.17, 15) is 0 Å². The Hall–Kier alpha value is -1.77. The Labute approximate surface area is 186 Å². The Morgan fingerprint density at radius 2 is 1.67 bits per heavy atom. The number of piperidine rings is 1. The number of halogens is 1. The minimum absolute atomic E-state index is 0.293. The van der Waals surface area contributed by atoms with Crippen molar-refractivity contribution in [1.82, 2.24) is 15.0 Å². The van der Waals surface area contributed by atoms with Gasteiger partial charge in [0.1, 0.15) is 10.8 Å². The first-order valence-corrected chi connectivity index (χ1v) is 11.8. The van der Waals surface area contributed by atoms with Crippen LogP contribution in [0.1, 0.15) is 44.2 Å². The standard InChI is InChI=1S/C21H28ClN7S/c1-12-17(28-16(24)18(27-12)30-13-2-9-26-15(23)14(13)22)29-10-7-21(8-11-29)6-5-20(3-4-20)19(21)25/h2,9,19H,3-8,10-11,25H2,1H3,(H2,23,26)(H2,24,28)/t19-/m1/s1. The minimum atomic E-state index is 0.293. The number of aryl methyl sites for hydroxylation is 1. The normalized spacial score (nSPS) is 24.0. The van der Waals surface area contributed by atoms with Gasteiger partial charge in [0, 0.05) is 30.2 Å². The molecule has 2 aromatic heterocycles. The molecule has 2 aliphatic carbocycles. The molecule has 0 aromatic carbocycles. The van der Waals surface area contributed by atoms with Crippen molar-refractivity contribution in [3.8, 4) is 0 Å². The molecule has 0 bridgehead atoms. The molecule has 3 fully saturated rings. The van der Waals surface area contributed by atoms with Gasteiger partial charge in [-0.05, 0) is 62.3 Å². The SMILES string of the molecule is Cc1nc(Sc2ccnc(N)c2Cl)c(N)nc1N1CCC2(CC1)CCC1(CC1)[C@H]2N. The molecule has 2 aromatic rings. The largest absolute Gasteiger partial charge is 0.382 e. The maximum Gasteiger partial charge on any atom is 0.158 e. The lowest BCUT2D eigenvalue weighted by Gasteiger charge is -2.43. The minimum Gasteiger partial charge on any atom is -0.382 e. The van der Waals surface area contributed by atoms with Crippen molar-refractivity contribution < 1.29 is 0 Å². The molecule has 1 saturated heterocycles. The molecular formula is C21H28ClN7S. The molecule has 3 heterocycles. The van der Waals surface area contributed by atoms with Crippen molar-refractivity contribution in [3.05, 3.63) is 23.0 Å². The molecule has 160 valence electrons. The lowest BCUT2D eigenvalue weighted by molar-refractivity contribution is 0.178. The molecule has 0 unspecified atom stereocenters. The lowest BCUT2D eigenvalue weighted by Crippen LogP contribution is -2.49. The molecule has 1 aliphatic heterocycles. The van der Waals surface area contributed by atoms with Crippen LogP contribution in [0, 0.1) is 17.8 Å². The average Bonchev–Trinajstić information content (AvgIpc) is 3.48. The summed E-state index contributed by atoms with van der Waals surface area (Å²) in [4.78, 5) is 16.5. The summed E-state index contributed by atoms with van der Waals surface area (Å²) < 4.78 is 0. The van der Waals surface area contributed by atoms with Crippen LogP contribution in [0.5, 0.6) is 0 Å². The second-order valence-corrected chi connectivity index (χ2v) is 10.5. The second-order valence-electron chi connectivity index (χ2n) is 9.12. The van der Waals surface area contributed by atoms with Crippen LogP contribution < -0.4 is 22.1 Å². The van der Waals surface area contributed by atoms with E-state index in [1.807, 2.05) is 6.92 Å². The molecule has 7 nitrogen and oxygen atoms in total. The number of hydrogen-bond donors (Lipinski definition) is 3. The molecule has 5 rings (SSSR count). The highest BCUT2D eigenvalue weighted by molar-refractivity contribution is 7.99. The van der Waals surface area contributed by atoms with E-state index in [-0.39, 0.29) is 0 Å². The Morgan fingerprint density at radius 1 is 1.03 bits per heavy atom. The van der Waals surface area contributed by atoms with E-state index < -0.39 is 0 Å². The number of rotatable bonds is 3. The Bertz CT molecular complexity index is 986. The Morgan fingerprint density at radius 3 is 2.33 bits per heavy atom. The van der Waals surface area contributed by atoms with Crippen LogP contribution in [-0.4, -0.2) is 34.1 Å². The number of hydrogen-bond acceptors (Lipinski definition) is 8. The molecule has 0 amide bonds. The van der Waals surface area contributed by atoms with Crippen molar-refractivity contribution >= 4 is 40.8 Å². The third-order valence-electron chi connectivity index (χ3n) is 7.52. The average molecular weight is 446 g/mol. The van der Waals surface area contributed by atoms with Gasteiger partial charge in [-0.3, -0.25) is 0 Å². The molecule has 2 saturated carbocycles. The van der Waals surface area contributed by atoms with Crippen molar-refractivity contribution in [3.63, 3.8) is 0 Å². The number of anilines is 3. The predicted octanol–water partition coefficient (Wildman–Crippen LogP) is 3.64. The molecule has 1 atom stereocenters. The summed E-state index contributed by atoms with van der Waals surface area (Å²) in [5, 5.41) is 1.04. The third kappa shape index (κ3) is 3.20. The number of nitrogens with zero attached hydrogens (tertiary/aromatic N) is 4. The molecule has 2 spiro atoms. The van der Waals surface area contributed by atoms with E-state index in [1.54, 1.807) is 12.3 Å². The van der Waals surface area contributed by atoms with E-state index in [1.165, 1.54) is 37.4 Å². The summed E-state index contributed by atoms with van der Waals surface area (Å²) >= 11 is 7.63. The van der Waals surface area contributed by atoms with Crippen LogP contribution >= 0.6 is 23.4 Å². The van der Waals surface area contributed by atoms with Gasteiger partial charge in [0.2, 0.25) is 0 Å². The van der Waals surface area contributed by atoms with Gasteiger partial charge < -0.3 is 22.1 Å². The Kier molecular flexibility index (Phi) is 4.79. The first kappa shape index (κ1) is 20.2. The fourth-order valence-electron chi connectivity index (χ4n) is 5.41. The lowest BCUT2D eigenvalue weighted by atomic mass is 9.72. The molecule has 3 aliphatic rings. The van der Waals surface area contributed by atoms with Crippen LogP contribution in [0.2, 0.25) is 5.02 Å². The predicted molar refractivity (Wildman–Crippen MR) is 122 cm³/mol. The maximum atomic E-state index is 6.75. The summed E-state index contributed by atoms with van der Waals surface area (Å²) in [7, 11) is 0. The zero-order valence-electron chi connectivity index (χ0n) is 17.2. The molecular weight excluding hydrogens is 418 g/mol. The zero-order valence-corrected chi connectivity index (χ0v) is 18.8. The van der Waals surface area contributed by atoms with Gasteiger partial charge >= 0.3 is 0 Å². The number of nitrogens with two attached hydrogens (primary N) is 3. The van der Waals surface area contributed by atoms with Crippen LogP contribution in [0.15, 0.2) is 22.2 Å². The highest BCUT2D eigenvalue weighted by Crippen LogP contribution is 2.65. The molecule has 6 N–H and O–H groups in total. The van der Waals surface area contributed by atoms with Crippen LogP contribution in [-0.2, 0) is 0 Å². The quantitative estimate of drug-likeness (QED) is 0.654. The van der Waals surface area contributed by atoms with Gasteiger partial charge in [0.05, 0.1) is 10.7 Å². The van der Waals surface area contributed by atoms with E-state index in [2.05, 4.69) is 9.88 Å². The van der Waals surface area contributed by atoms with Crippen LogP contribution in [0.3, 0.4) is 0 Å². The number of nitrogen functional groups attached to an aromatic ring is 2. The zero-order chi connectivity index (χ0) is 21.1. The Balaban J connectivity index is 1.33. The summed E-state index contributed by atoms with van der Waals surface area (Å²) in [6, 6.07) is 2.16. The van der Waals surface area contributed by atoms with E-state index in [0.29, 0.717) is 38.6 Å². The molecule has 30 heavy (non-hydrogen) atoms. The summed E-state index contributed by atoms with van der Waals surface area (Å²) in [6.07, 6.45) is 9.12. The number of aromatic nitrogens is 3. The number of pyridine rings is 1. The first-order valence-electron chi connectivity index (χ1n) is 10.6. The van der Waals surface area contributed by atoms with E-state index >= 15 is 0 Å². The van der Waals surface area contributed by atoms with Crippen molar-refractivity contribution in [2.75, 3.05) is 29.5 Å². The van der Waals surface area contributed by atoms with Gasteiger partial charge in [-0.15, -0.1) is 0 Å². The summed E-state index contributed by atoms with van der Waals surface area (Å²) in [5.74, 6) is 1.57. The van der Waals surface area contributed by atoms with Gasteiger partial charge in [-0.2, -0.15) is 0 Å². The van der Waals surface area contributed by atoms with Crippen molar-refractivity contribution in [2.45, 2.75) is 61.4 Å². The van der Waals surface area contributed by atoms with Crippen molar-refractivity contribution in [2.24, 2.45) is 16.6 Å².